The van der Waals surface area contributed by atoms with E-state index < -0.39 is 8.24 Å². The Labute approximate surface area is 99.7 Å². The number of rotatable bonds is 5. The Hall–Kier alpha value is 0.134. The van der Waals surface area contributed by atoms with Crippen molar-refractivity contribution in [2.75, 3.05) is 0 Å². The smallest absolute Gasteiger partial charge is 0.118 e. The van der Waals surface area contributed by atoms with Crippen LogP contribution in [0.15, 0.2) is 11.3 Å². The summed E-state index contributed by atoms with van der Waals surface area (Å²) >= 11 is 0. The van der Waals surface area contributed by atoms with Crippen molar-refractivity contribution in [3.8, 4) is 0 Å². The molecule has 0 rings (SSSR count). The fourth-order valence-electron chi connectivity index (χ4n) is 1.25. The van der Waals surface area contributed by atoms with E-state index in [1.807, 2.05) is 0 Å². The van der Waals surface area contributed by atoms with Gasteiger partial charge < -0.3 is 4.65 Å². The third-order valence-electron chi connectivity index (χ3n) is 3.72. The van der Waals surface area contributed by atoms with Crippen molar-refractivity contribution in [1.82, 2.24) is 4.65 Å². The van der Waals surface area contributed by atoms with E-state index in [9.17, 15) is 0 Å². The Bertz CT molecular complexity index is 208. The minimum atomic E-state index is -1.23. The van der Waals surface area contributed by atoms with Crippen LogP contribution in [-0.4, -0.2) is 17.9 Å². The number of hydrogen-bond acceptors (Lipinski definition) is 1. The molecule has 0 aromatic rings. The Kier molecular flexibility index (Phi) is 6.07. The first kappa shape index (κ1) is 15.1. The summed E-state index contributed by atoms with van der Waals surface area (Å²) in [6.45, 7) is 16.5. The van der Waals surface area contributed by atoms with Gasteiger partial charge in [-0.25, -0.2) is 0 Å². The van der Waals surface area contributed by atoms with Gasteiger partial charge in [-0.2, -0.15) is 0 Å². The predicted octanol–water partition coefficient (Wildman–Crippen LogP) is 3.37. The van der Waals surface area contributed by atoms with Crippen LogP contribution in [-0.2, 0) is 0 Å². The molecule has 0 amide bonds. The highest BCUT2D eigenvalue weighted by Gasteiger charge is 2.34. The quantitative estimate of drug-likeness (QED) is 0.730. The molecular formula is C12H29NSi2. The maximum absolute atomic E-state index is 3.90. The lowest BCUT2D eigenvalue weighted by Gasteiger charge is -2.37. The molecule has 1 nitrogen and oxygen atoms in total. The van der Waals surface area contributed by atoms with Crippen molar-refractivity contribution < 1.29 is 0 Å². The molecular weight excluding hydrogens is 214 g/mol. The normalized spacial score (nSPS) is 13.5. The Morgan fingerprint density at radius 3 is 2.00 bits per heavy atom. The number of hydrogen-bond donors (Lipinski definition) is 1. The van der Waals surface area contributed by atoms with E-state index in [2.05, 4.69) is 58.1 Å². The predicted molar refractivity (Wildman–Crippen MR) is 77.5 cm³/mol. The van der Waals surface area contributed by atoms with E-state index in [4.69, 9.17) is 0 Å². The van der Waals surface area contributed by atoms with Crippen LogP contribution in [0.2, 0.25) is 18.1 Å². The maximum Gasteiger partial charge on any atom is 0.118 e. The zero-order chi connectivity index (χ0) is 12.1. The summed E-state index contributed by atoms with van der Waals surface area (Å²) < 4.78 is 3.90. The van der Waals surface area contributed by atoms with Crippen LogP contribution in [0.5, 0.6) is 0 Å². The van der Waals surface area contributed by atoms with Gasteiger partial charge in [0, 0.05) is 0 Å². The second kappa shape index (κ2) is 6.01. The van der Waals surface area contributed by atoms with Crippen molar-refractivity contribution in [3.05, 3.63) is 11.3 Å². The molecule has 0 bridgehead atoms. The summed E-state index contributed by atoms with van der Waals surface area (Å²) in [7, 11) is -1.42. The summed E-state index contributed by atoms with van der Waals surface area (Å²) in [6, 6.07) is 0. The lowest BCUT2D eigenvalue weighted by Crippen LogP contribution is -2.53. The molecule has 1 N–H and O–H groups in total. The van der Waals surface area contributed by atoms with Crippen LogP contribution in [0.3, 0.4) is 0 Å². The summed E-state index contributed by atoms with van der Waals surface area (Å²) in [5, 5.41) is 0.465. The van der Waals surface area contributed by atoms with E-state index in [1.54, 1.807) is 5.57 Å². The monoisotopic (exact) mass is 243 g/mol. The van der Waals surface area contributed by atoms with Gasteiger partial charge in [-0.05, 0) is 17.9 Å². The SMILES string of the molecule is CCC(=C[SiH2]N[Si](C)(C)C(C)(C)C)CC. The molecule has 0 fully saturated rings. The minimum absolute atomic E-state index is 0.192. The zero-order valence-electron chi connectivity index (χ0n) is 11.7. The second-order valence-electron chi connectivity index (χ2n) is 5.83. The molecule has 90 valence electrons. The average molecular weight is 244 g/mol. The highest BCUT2D eigenvalue weighted by Crippen LogP contribution is 2.33. The van der Waals surface area contributed by atoms with Gasteiger partial charge in [-0.1, -0.05) is 59.0 Å². The molecule has 0 aromatic carbocycles. The van der Waals surface area contributed by atoms with E-state index in [0.29, 0.717) is 5.04 Å². The molecule has 0 aromatic heterocycles. The third kappa shape index (κ3) is 5.13. The molecule has 0 atom stereocenters. The summed E-state index contributed by atoms with van der Waals surface area (Å²) in [5.41, 5.74) is 4.15. The van der Waals surface area contributed by atoms with Crippen molar-refractivity contribution >= 4 is 17.9 Å². The van der Waals surface area contributed by atoms with Gasteiger partial charge in [-0.3, -0.25) is 0 Å². The number of allylic oxidation sites excluding steroid dienone is 1. The third-order valence-corrected chi connectivity index (χ3v) is 12.6. The van der Waals surface area contributed by atoms with E-state index >= 15 is 0 Å². The average Bonchev–Trinajstić information content (AvgIpc) is 2.10. The first-order chi connectivity index (χ1) is 6.74. The molecule has 15 heavy (non-hydrogen) atoms. The van der Waals surface area contributed by atoms with E-state index in [0.717, 1.165) is 0 Å². The molecule has 0 aliphatic carbocycles. The van der Waals surface area contributed by atoms with Gasteiger partial charge in [0.1, 0.15) is 17.9 Å². The van der Waals surface area contributed by atoms with Crippen molar-refractivity contribution in [2.24, 2.45) is 0 Å². The molecule has 0 unspecified atom stereocenters. The van der Waals surface area contributed by atoms with E-state index in [1.165, 1.54) is 12.8 Å². The second-order valence-corrected chi connectivity index (χ2v) is 12.8. The van der Waals surface area contributed by atoms with Gasteiger partial charge in [-0.15, -0.1) is 0 Å². The standard InChI is InChI=1S/C12H29NSi2/c1-8-11(9-2)10-14-13-15(6,7)12(3,4)5/h10,13H,8-9,14H2,1-7H3. The van der Waals surface area contributed by atoms with Crippen LogP contribution >= 0.6 is 0 Å². The van der Waals surface area contributed by atoms with Gasteiger partial charge in [0.2, 0.25) is 0 Å². The minimum Gasteiger partial charge on any atom is -0.361 e. The number of nitrogens with one attached hydrogen (secondary N) is 1. The van der Waals surface area contributed by atoms with Crippen molar-refractivity contribution in [3.63, 3.8) is 0 Å². The Morgan fingerprint density at radius 2 is 1.67 bits per heavy atom. The summed E-state index contributed by atoms with van der Waals surface area (Å²) in [4.78, 5) is 0. The van der Waals surface area contributed by atoms with Crippen LogP contribution in [0.25, 0.3) is 0 Å². The van der Waals surface area contributed by atoms with E-state index in [-0.39, 0.29) is 9.68 Å². The maximum atomic E-state index is 3.90. The molecule has 0 saturated carbocycles. The Morgan fingerprint density at radius 1 is 1.20 bits per heavy atom. The van der Waals surface area contributed by atoms with Crippen molar-refractivity contribution in [2.45, 2.75) is 65.6 Å². The largest absolute Gasteiger partial charge is 0.361 e. The highest BCUT2D eigenvalue weighted by atomic mass is 28.4. The topological polar surface area (TPSA) is 12.0 Å². The van der Waals surface area contributed by atoms with Gasteiger partial charge in [0.15, 0.2) is 0 Å². The first-order valence-corrected chi connectivity index (χ1v) is 10.7. The van der Waals surface area contributed by atoms with Gasteiger partial charge in [0.05, 0.1) is 0 Å². The lowest BCUT2D eigenvalue weighted by molar-refractivity contribution is 0.711. The molecule has 0 aliphatic rings. The lowest BCUT2D eigenvalue weighted by atomic mass is 10.2. The molecule has 3 heteroatoms. The molecule has 0 saturated heterocycles. The van der Waals surface area contributed by atoms with Crippen molar-refractivity contribution in [1.29, 1.82) is 0 Å². The fourth-order valence-corrected chi connectivity index (χ4v) is 6.69. The first-order valence-electron chi connectivity index (χ1n) is 6.17. The highest BCUT2D eigenvalue weighted by molar-refractivity contribution is 6.83. The Balaban J connectivity index is 4.22. The van der Waals surface area contributed by atoms with Gasteiger partial charge in [0.25, 0.3) is 0 Å². The van der Waals surface area contributed by atoms with Crippen LogP contribution in [0, 0.1) is 0 Å². The zero-order valence-corrected chi connectivity index (χ0v) is 14.1. The summed E-state index contributed by atoms with van der Waals surface area (Å²) in [5.74, 6) is 0. The molecule has 0 aliphatic heterocycles. The fraction of sp³-hybridized carbons (Fsp3) is 0.833. The molecule has 0 spiro atoms. The summed E-state index contributed by atoms with van der Waals surface area (Å²) in [6.07, 6.45) is 2.45. The van der Waals surface area contributed by atoms with Gasteiger partial charge >= 0.3 is 0 Å². The van der Waals surface area contributed by atoms with Crippen LogP contribution < -0.4 is 4.65 Å². The molecule has 0 radical (unpaired) electrons. The molecule has 0 heterocycles. The van der Waals surface area contributed by atoms with Crippen LogP contribution in [0.1, 0.15) is 47.5 Å². The van der Waals surface area contributed by atoms with Crippen LogP contribution in [0.4, 0.5) is 0 Å².